The Bertz CT molecular complexity index is 1210. The van der Waals surface area contributed by atoms with E-state index in [0.717, 1.165) is 19.3 Å². The van der Waals surface area contributed by atoms with Crippen molar-refractivity contribution in [1.29, 1.82) is 0 Å². The lowest BCUT2D eigenvalue weighted by atomic mass is 9.84. The zero-order valence-electron chi connectivity index (χ0n) is 31.5. The largest absolute Gasteiger partial charge is 0.413 e. The Labute approximate surface area is 298 Å². The van der Waals surface area contributed by atoms with Crippen LogP contribution in [0.1, 0.15) is 94.9 Å². The summed E-state index contributed by atoms with van der Waals surface area (Å²) in [7, 11) is -4.63. The van der Waals surface area contributed by atoms with Crippen LogP contribution < -0.4 is 10.4 Å². The number of rotatable bonds is 12. The van der Waals surface area contributed by atoms with Gasteiger partial charge in [0.25, 0.3) is 8.32 Å². The van der Waals surface area contributed by atoms with Crippen molar-refractivity contribution >= 4 is 50.5 Å². The van der Waals surface area contributed by atoms with Crippen LogP contribution in [0.5, 0.6) is 0 Å². The number of hydrogen-bond acceptors (Lipinski definition) is 6. The zero-order valence-corrected chi connectivity index (χ0v) is 35.1. The van der Waals surface area contributed by atoms with E-state index < -0.39 is 22.4 Å². The zero-order chi connectivity index (χ0) is 34.7. The topological polar surface area (TPSA) is 36.9 Å². The molecule has 8 heteroatoms. The Morgan fingerprint density at radius 2 is 1.30 bits per heavy atom. The molecule has 2 aromatic rings. The normalized spacial score (nSPS) is 22.6. The molecule has 3 atom stereocenters. The van der Waals surface area contributed by atoms with Gasteiger partial charge < -0.3 is 18.3 Å². The first-order valence-electron chi connectivity index (χ1n) is 17.8. The van der Waals surface area contributed by atoms with Crippen molar-refractivity contribution in [2.45, 2.75) is 147 Å². The molecule has 0 unspecified atom stereocenters. The Morgan fingerprint density at radius 3 is 1.79 bits per heavy atom. The van der Waals surface area contributed by atoms with E-state index in [9.17, 15) is 0 Å². The quantitative estimate of drug-likeness (QED) is 0.204. The molecule has 2 fully saturated rings. The third-order valence-electron chi connectivity index (χ3n) is 10.6. The maximum absolute atomic E-state index is 7.36. The summed E-state index contributed by atoms with van der Waals surface area (Å²) < 4.78 is 28.5. The monoisotopic (exact) mass is 716 g/mol. The van der Waals surface area contributed by atoms with E-state index in [-0.39, 0.29) is 33.8 Å². The van der Waals surface area contributed by atoms with Gasteiger partial charge in [0.15, 0.2) is 14.1 Å². The highest BCUT2D eigenvalue weighted by Crippen LogP contribution is 2.49. The fraction of sp³-hybridized carbons (Fsp3) is 0.692. The minimum absolute atomic E-state index is 0.0129. The molecule has 0 bridgehead atoms. The standard InChI is InChI=1S/C39H64O4S2Si2/c1-36(2,3)46(11,12)43-34(38(7,8)35-44-26-19-27-45-35)29-31-28-30(41-39(9,10)42-31)24-25-40-47(37(4,5)6,32-20-15-13-16-21-32)33-22-17-14-18-23-33/h13-18,20-23,30-31,34-35H,19,24-29H2,1-12H3/t30-,31+,34+/m1/s1. The fourth-order valence-electron chi connectivity index (χ4n) is 6.99. The summed E-state index contributed by atoms with van der Waals surface area (Å²) in [6.45, 7) is 28.6. The average Bonchev–Trinajstić information content (AvgIpc) is 2.98. The predicted molar refractivity (Wildman–Crippen MR) is 210 cm³/mol. The van der Waals surface area contributed by atoms with Crippen LogP contribution in [0.3, 0.4) is 0 Å². The van der Waals surface area contributed by atoms with Gasteiger partial charge in [0.2, 0.25) is 0 Å². The van der Waals surface area contributed by atoms with Gasteiger partial charge in [-0.1, -0.05) is 116 Å². The van der Waals surface area contributed by atoms with E-state index in [0.29, 0.717) is 11.2 Å². The molecule has 0 amide bonds. The third kappa shape index (κ3) is 9.40. The van der Waals surface area contributed by atoms with Crippen molar-refractivity contribution in [3.05, 3.63) is 60.7 Å². The maximum atomic E-state index is 7.36. The molecule has 47 heavy (non-hydrogen) atoms. The Balaban J connectivity index is 1.56. The molecule has 4 rings (SSSR count). The molecule has 2 saturated heterocycles. The van der Waals surface area contributed by atoms with E-state index in [1.54, 1.807) is 0 Å². The lowest BCUT2D eigenvalue weighted by Crippen LogP contribution is -2.66. The highest BCUT2D eigenvalue weighted by Gasteiger charge is 2.51. The van der Waals surface area contributed by atoms with Crippen molar-refractivity contribution in [2.75, 3.05) is 18.1 Å². The Kier molecular flexibility index (Phi) is 12.8. The van der Waals surface area contributed by atoms with Gasteiger partial charge in [0, 0.05) is 18.4 Å². The van der Waals surface area contributed by atoms with Crippen LogP contribution in [0.2, 0.25) is 23.2 Å². The first-order valence-corrected chi connectivity index (χ1v) is 24.7. The van der Waals surface area contributed by atoms with Crippen LogP contribution in [0.15, 0.2) is 60.7 Å². The number of hydrogen-bond donors (Lipinski definition) is 0. The van der Waals surface area contributed by atoms with E-state index >= 15 is 0 Å². The maximum Gasteiger partial charge on any atom is 0.261 e. The molecule has 264 valence electrons. The van der Waals surface area contributed by atoms with Gasteiger partial charge >= 0.3 is 0 Å². The van der Waals surface area contributed by atoms with Gasteiger partial charge in [0.1, 0.15) is 0 Å². The Hall–Kier alpha value is -0.586. The van der Waals surface area contributed by atoms with Crippen LogP contribution in [0.4, 0.5) is 0 Å². The van der Waals surface area contributed by atoms with E-state index in [4.69, 9.17) is 18.3 Å². The second-order valence-electron chi connectivity index (χ2n) is 17.3. The lowest BCUT2D eigenvalue weighted by Gasteiger charge is -2.49. The number of ether oxygens (including phenoxy) is 2. The highest BCUT2D eigenvalue weighted by molar-refractivity contribution is 8.17. The summed E-state index contributed by atoms with van der Waals surface area (Å²) in [5, 5.41) is 2.72. The molecular weight excluding hydrogens is 653 g/mol. The summed E-state index contributed by atoms with van der Waals surface area (Å²) in [4.78, 5) is 0. The van der Waals surface area contributed by atoms with Crippen molar-refractivity contribution in [1.82, 2.24) is 0 Å². The summed E-state index contributed by atoms with van der Waals surface area (Å²) in [5.74, 6) is 1.81. The van der Waals surface area contributed by atoms with Crippen molar-refractivity contribution in [3.8, 4) is 0 Å². The molecule has 0 N–H and O–H groups in total. The molecule has 2 aliphatic heterocycles. The number of benzene rings is 2. The van der Waals surface area contributed by atoms with Gasteiger partial charge in [-0.15, -0.1) is 23.5 Å². The van der Waals surface area contributed by atoms with E-state index in [1.807, 2.05) is 0 Å². The molecule has 0 saturated carbocycles. The molecule has 4 nitrogen and oxygen atoms in total. The Morgan fingerprint density at radius 1 is 0.787 bits per heavy atom. The van der Waals surface area contributed by atoms with Crippen LogP contribution >= 0.6 is 23.5 Å². The van der Waals surface area contributed by atoms with E-state index in [1.165, 1.54) is 28.3 Å². The van der Waals surface area contributed by atoms with Gasteiger partial charge in [0.05, 0.1) is 22.9 Å². The summed E-state index contributed by atoms with van der Waals surface area (Å²) >= 11 is 4.25. The lowest BCUT2D eigenvalue weighted by molar-refractivity contribution is -0.304. The minimum Gasteiger partial charge on any atom is -0.413 e. The van der Waals surface area contributed by atoms with Crippen LogP contribution in [0, 0.1) is 5.41 Å². The average molecular weight is 717 g/mol. The summed E-state index contributed by atoms with van der Waals surface area (Å²) in [5.41, 5.74) is 0.0129. The first-order chi connectivity index (χ1) is 21.8. The molecule has 2 aliphatic rings. The molecule has 0 radical (unpaired) electrons. The molecule has 2 aromatic carbocycles. The van der Waals surface area contributed by atoms with Crippen LogP contribution in [-0.2, 0) is 18.3 Å². The second-order valence-corrected chi connectivity index (χ2v) is 29.1. The van der Waals surface area contributed by atoms with Crippen LogP contribution in [0.25, 0.3) is 0 Å². The predicted octanol–water partition coefficient (Wildman–Crippen LogP) is 9.87. The molecule has 0 aliphatic carbocycles. The minimum atomic E-state index is -2.61. The van der Waals surface area contributed by atoms with Crippen molar-refractivity contribution in [3.63, 3.8) is 0 Å². The van der Waals surface area contributed by atoms with Crippen LogP contribution in [-0.4, -0.2) is 63.4 Å². The third-order valence-corrected chi connectivity index (χ3v) is 23.8. The van der Waals surface area contributed by atoms with Crippen molar-refractivity contribution < 1.29 is 18.3 Å². The molecule has 0 aromatic heterocycles. The second kappa shape index (κ2) is 15.3. The molecule has 2 heterocycles. The summed E-state index contributed by atoms with van der Waals surface area (Å²) in [6.07, 6.45) is 4.09. The fourth-order valence-corrected chi connectivity index (χ4v) is 16.4. The first kappa shape index (κ1) is 39.2. The smallest absolute Gasteiger partial charge is 0.261 e. The van der Waals surface area contributed by atoms with Gasteiger partial charge in [-0.05, 0) is 78.2 Å². The van der Waals surface area contributed by atoms with Gasteiger partial charge in [-0.25, -0.2) is 0 Å². The number of thioether (sulfide) groups is 2. The van der Waals surface area contributed by atoms with Crippen molar-refractivity contribution in [2.24, 2.45) is 5.41 Å². The SMILES string of the molecule is CC1(C)O[C@H](CCO[Si](c2ccccc2)(c2ccccc2)C(C)(C)C)C[C@@H](C[C@H](O[Si](C)(C)C(C)(C)C)C(C)(C)C2SCCCS2)O1. The highest BCUT2D eigenvalue weighted by atomic mass is 32.2. The van der Waals surface area contributed by atoms with Gasteiger partial charge in [-0.2, -0.15) is 0 Å². The molecular formula is C39H64O4S2Si2. The molecule has 0 spiro atoms. The van der Waals surface area contributed by atoms with E-state index in [2.05, 4.69) is 167 Å². The summed E-state index contributed by atoms with van der Waals surface area (Å²) in [6, 6.07) is 21.9. The van der Waals surface area contributed by atoms with Gasteiger partial charge in [-0.3, -0.25) is 0 Å².